The molecule has 0 amide bonds. The maximum atomic E-state index is 9.19. The fourth-order valence-corrected chi connectivity index (χ4v) is 3.19. The number of aromatic nitrogens is 1. The topological polar surface area (TPSA) is 66.4 Å². The van der Waals surface area contributed by atoms with Gasteiger partial charge in [-0.1, -0.05) is 35.6 Å². The van der Waals surface area contributed by atoms with Crippen LogP contribution in [-0.2, 0) is 6.42 Å². The highest BCUT2D eigenvalue weighted by atomic mass is 32.1. The molecular weight excluding hydrogens is 298 g/mol. The van der Waals surface area contributed by atoms with Gasteiger partial charge in [0, 0.05) is 6.61 Å². The van der Waals surface area contributed by atoms with Crippen molar-refractivity contribution in [2.45, 2.75) is 6.42 Å². The number of thiazole rings is 1. The minimum atomic E-state index is 0.115. The lowest BCUT2D eigenvalue weighted by atomic mass is 10.1. The summed E-state index contributed by atoms with van der Waals surface area (Å²) in [6, 6.07) is 13.7. The summed E-state index contributed by atoms with van der Waals surface area (Å²) < 4.78 is 6.40. The van der Waals surface area contributed by atoms with Gasteiger partial charge in [0.15, 0.2) is 0 Å². The summed E-state index contributed by atoms with van der Waals surface area (Å²) in [5, 5.41) is 9.94. The van der Waals surface area contributed by atoms with Crippen LogP contribution >= 0.6 is 11.3 Å². The van der Waals surface area contributed by atoms with Crippen molar-refractivity contribution in [2.24, 2.45) is 0 Å². The number of anilines is 2. The summed E-state index contributed by atoms with van der Waals surface area (Å²) in [7, 11) is 1.63. The van der Waals surface area contributed by atoms with Crippen molar-refractivity contribution < 1.29 is 9.84 Å². The number of rotatable bonds is 6. The first-order valence-corrected chi connectivity index (χ1v) is 7.78. The summed E-state index contributed by atoms with van der Waals surface area (Å²) >= 11 is 1.54. The summed E-state index contributed by atoms with van der Waals surface area (Å²) in [4.78, 5) is 4.58. The number of hydrogen-bond donors (Lipinski definition) is 3. The van der Waals surface area contributed by atoms with E-state index in [2.05, 4.69) is 15.8 Å². The molecule has 6 heteroatoms. The first-order chi connectivity index (χ1) is 10.8. The molecule has 3 rings (SSSR count). The molecule has 0 radical (unpaired) electrons. The molecular formula is C16H17N3O2S. The van der Waals surface area contributed by atoms with E-state index in [4.69, 9.17) is 4.74 Å². The Balaban J connectivity index is 1.89. The molecule has 5 nitrogen and oxygen atoms in total. The second kappa shape index (κ2) is 6.64. The summed E-state index contributed by atoms with van der Waals surface area (Å²) in [6.45, 7) is 0.115. The third-order valence-electron chi connectivity index (χ3n) is 3.28. The number of benzene rings is 2. The van der Waals surface area contributed by atoms with E-state index in [1.165, 1.54) is 11.3 Å². The van der Waals surface area contributed by atoms with Gasteiger partial charge in [-0.15, -0.1) is 0 Å². The minimum Gasteiger partial charge on any atom is -0.494 e. The number of hydrogen-bond acceptors (Lipinski definition) is 6. The number of hydrazine groups is 1. The molecule has 0 atom stereocenters. The fourth-order valence-electron chi connectivity index (χ4n) is 2.22. The Morgan fingerprint density at radius 3 is 2.68 bits per heavy atom. The second-order valence-electron chi connectivity index (χ2n) is 4.71. The quantitative estimate of drug-likeness (QED) is 0.609. The predicted octanol–water partition coefficient (Wildman–Crippen LogP) is 3.28. The van der Waals surface area contributed by atoms with Gasteiger partial charge < -0.3 is 9.84 Å². The number of methoxy groups -OCH3 is 1. The smallest absolute Gasteiger partial charge is 0.202 e. The Labute approximate surface area is 132 Å². The zero-order valence-electron chi connectivity index (χ0n) is 12.2. The van der Waals surface area contributed by atoms with Crippen LogP contribution in [0.25, 0.3) is 10.2 Å². The number of nitrogens with one attached hydrogen (secondary N) is 2. The number of aliphatic hydroxyl groups excluding tert-OH is 1. The van der Waals surface area contributed by atoms with Gasteiger partial charge in [-0.3, -0.25) is 10.9 Å². The van der Waals surface area contributed by atoms with Gasteiger partial charge in [-0.25, -0.2) is 4.98 Å². The van der Waals surface area contributed by atoms with Crippen molar-refractivity contribution in [1.82, 2.24) is 4.98 Å². The van der Waals surface area contributed by atoms with Crippen molar-refractivity contribution >= 4 is 32.4 Å². The van der Waals surface area contributed by atoms with Crippen LogP contribution in [0.3, 0.4) is 0 Å². The molecule has 0 bridgehead atoms. The maximum Gasteiger partial charge on any atom is 0.202 e. The van der Waals surface area contributed by atoms with E-state index in [-0.39, 0.29) is 6.61 Å². The molecule has 3 N–H and O–H groups in total. The molecule has 0 fully saturated rings. The van der Waals surface area contributed by atoms with E-state index in [0.717, 1.165) is 32.3 Å². The van der Waals surface area contributed by atoms with Crippen molar-refractivity contribution in [3.63, 3.8) is 0 Å². The van der Waals surface area contributed by atoms with Gasteiger partial charge in [0.2, 0.25) is 5.13 Å². The molecule has 2 aromatic carbocycles. The molecule has 0 aliphatic rings. The normalized spacial score (nSPS) is 10.6. The van der Waals surface area contributed by atoms with Gasteiger partial charge >= 0.3 is 0 Å². The number of ether oxygens (including phenoxy) is 1. The first-order valence-electron chi connectivity index (χ1n) is 6.96. The lowest BCUT2D eigenvalue weighted by molar-refractivity contribution is 0.300. The van der Waals surface area contributed by atoms with Crippen LogP contribution in [0.2, 0.25) is 0 Å². The molecule has 1 heterocycles. The van der Waals surface area contributed by atoms with Crippen LogP contribution in [0.15, 0.2) is 42.5 Å². The van der Waals surface area contributed by atoms with Crippen molar-refractivity contribution in [1.29, 1.82) is 0 Å². The summed E-state index contributed by atoms with van der Waals surface area (Å²) in [5.74, 6) is 0.737. The molecule has 0 unspecified atom stereocenters. The molecule has 0 saturated carbocycles. The summed E-state index contributed by atoms with van der Waals surface area (Å²) in [5.41, 5.74) is 9.08. The molecule has 0 aliphatic heterocycles. The number of para-hydroxylation sites is 1. The van der Waals surface area contributed by atoms with Gasteiger partial charge in [0.25, 0.3) is 0 Å². The highest BCUT2D eigenvalue weighted by Crippen LogP contribution is 2.35. The Kier molecular flexibility index (Phi) is 4.41. The number of fused-ring (bicyclic) bond motifs is 1. The van der Waals surface area contributed by atoms with Crippen LogP contribution in [0.5, 0.6) is 5.75 Å². The highest BCUT2D eigenvalue weighted by molar-refractivity contribution is 7.22. The third-order valence-corrected chi connectivity index (χ3v) is 4.32. The van der Waals surface area contributed by atoms with Crippen LogP contribution in [0.4, 0.5) is 10.8 Å². The number of aliphatic hydroxyl groups is 1. The van der Waals surface area contributed by atoms with E-state index in [1.54, 1.807) is 7.11 Å². The van der Waals surface area contributed by atoms with E-state index in [0.29, 0.717) is 6.42 Å². The Bertz CT molecular complexity index is 759. The molecule has 0 spiro atoms. The minimum absolute atomic E-state index is 0.115. The Morgan fingerprint density at radius 2 is 1.95 bits per heavy atom. The van der Waals surface area contributed by atoms with E-state index in [1.807, 2.05) is 42.5 Å². The van der Waals surface area contributed by atoms with Crippen LogP contribution < -0.4 is 15.6 Å². The molecule has 1 aromatic heterocycles. The lowest BCUT2D eigenvalue weighted by Crippen LogP contribution is -2.07. The maximum absolute atomic E-state index is 9.19. The van der Waals surface area contributed by atoms with Crippen LogP contribution in [0.1, 0.15) is 5.56 Å². The molecule has 0 saturated heterocycles. The molecule has 22 heavy (non-hydrogen) atoms. The largest absolute Gasteiger partial charge is 0.494 e. The monoisotopic (exact) mass is 315 g/mol. The average molecular weight is 315 g/mol. The Morgan fingerprint density at radius 1 is 1.14 bits per heavy atom. The highest BCUT2D eigenvalue weighted by Gasteiger charge is 2.12. The fraction of sp³-hybridized carbons (Fsp3) is 0.188. The van der Waals surface area contributed by atoms with E-state index < -0.39 is 0 Å². The van der Waals surface area contributed by atoms with Crippen LogP contribution in [0, 0.1) is 0 Å². The molecule has 114 valence electrons. The first kappa shape index (κ1) is 14.6. The van der Waals surface area contributed by atoms with Gasteiger partial charge in [-0.2, -0.15) is 0 Å². The standard InChI is InChI=1S/C16H17N3O2S/c1-21-13-8-7-11(9-10-20)15-14(13)17-16(22-15)19-18-12-5-3-2-4-6-12/h2-8,18,20H,9-10H2,1H3,(H,17,19). The number of nitrogens with zero attached hydrogens (tertiary/aromatic N) is 1. The van der Waals surface area contributed by atoms with E-state index >= 15 is 0 Å². The van der Waals surface area contributed by atoms with Gasteiger partial charge in [0.1, 0.15) is 11.3 Å². The zero-order chi connectivity index (χ0) is 15.4. The van der Waals surface area contributed by atoms with Crippen LogP contribution in [-0.4, -0.2) is 23.8 Å². The van der Waals surface area contributed by atoms with Crippen molar-refractivity contribution in [3.8, 4) is 5.75 Å². The molecule has 0 aliphatic carbocycles. The lowest BCUT2D eigenvalue weighted by Gasteiger charge is -2.05. The second-order valence-corrected chi connectivity index (χ2v) is 5.71. The SMILES string of the molecule is COc1ccc(CCO)c2sc(NNc3ccccc3)nc12. The summed E-state index contributed by atoms with van der Waals surface area (Å²) in [6.07, 6.45) is 0.605. The van der Waals surface area contributed by atoms with Crippen molar-refractivity contribution in [2.75, 3.05) is 24.6 Å². The van der Waals surface area contributed by atoms with Gasteiger partial charge in [0.05, 0.1) is 17.5 Å². The third kappa shape index (κ3) is 2.98. The van der Waals surface area contributed by atoms with Crippen molar-refractivity contribution in [3.05, 3.63) is 48.0 Å². The zero-order valence-corrected chi connectivity index (χ0v) is 13.0. The average Bonchev–Trinajstić information content (AvgIpc) is 2.99. The Hall–Kier alpha value is -2.31. The van der Waals surface area contributed by atoms with E-state index in [9.17, 15) is 5.11 Å². The van der Waals surface area contributed by atoms with Gasteiger partial charge in [-0.05, 0) is 30.2 Å². The predicted molar refractivity (Wildman–Crippen MR) is 90.6 cm³/mol. The molecule has 3 aromatic rings.